The first kappa shape index (κ1) is 22.4. The second-order valence-electron chi connectivity index (χ2n) is 6.70. The number of rotatable bonds is 9. The number of carbonyl (C=O) groups excluding carboxylic acids is 3. The summed E-state index contributed by atoms with van der Waals surface area (Å²) in [6.45, 7) is 4.25. The van der Waals surface area contributed by atoms with Gasteiger partial charge >= 0.3 is 5.97 Å². The molecule has 6 nitrogen and oxygen atoms in total. The van der Waals surface area contributed by atoms with E-state index in [1.54, 1.807) is 25.1 Å². The van der Waals surface area contributed by atoms with Gasteiger partial charge in [-0.3, -0.25) is 9.59 Å². The molecule has 0 aliphatic heterocycles. The zero-order valence-corrected chi connectivity index (χ0v) is 17.4. The van der Waals surface area contributed by atoms with Gasteiger partial charge in [0.25, 0.3) is 5.91 Å². The number of esters is 1. The average molecular weight is 418 g/mol. The number of hydrogen-bond acceptors (Lipinski definition) is 5. The van der Waals surface area contributed by atoms with Crippen LogP contribution in [-0.2, 0) is 25.5 Å². The summed E-state index contributed by atoms with van der Waals surface area (Å²) in [6, 6.07) is 13.7. The topological polar surface area (TPSA) is 81.7 Å². The molecule has 0 aliphatic carbocycles. The average Bonchev–Trinajstić information content (AvgIpc) is 2.68. The number of benzene rings is 2. The van der Waals surface area contributed by atoms with Crippen LogP contribution in [0.2, 0.25) is 5.02 Å². The Labute approximate surface area is 175 Å². The molecular formula is C22H24ClNO5. The molecule has 0 heterocycles. The molecule has 7 heteroatoms. The summed E-state index contributed by atoms with van der Waals surface area (Å²) in [7, 11) is 0. The van der Waals surface area contributed by atoms with Crippen LogP contribution in [0, 0.1) is 6.92 Å². The summed E-state index contributed by atoms with van der Waals surface area (Å²) in [5.74, 6) is -0.910. The fraction of sp³-hybridized carbons (Fsp3) is 0.318. The van der Waals surface area contributed by atoms with Crippen molar-refractivity contribution < 1.29 is 23.9 Å². The molecule has 0 radical (unpaired) electrons. The molecule has 0 bridgehead atoms. The number of halogens is 1. The van der Waals surface area contributed by atoms with Crippen molar-refractivity contribution in [2.24, 2.45) is 0 Å². The second-order valence-corrected chi connectivity index (χ2v) is 7.13. The number of Topliss-reactive ketones (excluding diaryl/α,β-unsaturated/α-hetero) is 1. The van der Waals surface area contributed by atoms with Gasteiger partial charge < -0.3 is 14.8 Å². The van der Waals surface area contributed by atoms with E-state index in [-0.39, 0.29) is 5.78 Å². The van der Waals surface area contributed by atoms with Gasteiger partial charge in [0.2, 0.25) is 0 Å². The molecule has 2 aromatic carbocycles. The summed E-state index contributed by atoms with van der Waals surface area (Å²) in [4.78, 5) is 36.1. The monoisotopic (exact) mass is 417 g/mol. The van der Waals surface area contributed by atoms with E-state index in [1.807, 2.05) is 30.3 Å². The first-order valence-electron chi connectivity index (χ1n) is 9.19. The molecule has 0 aromatic heterocycles. The lowest BCUT2D eigenvalue weighted by Gasteiger charge is -2.18. The third kappa shape index (κ3) is 7.23. The Balaban J connectivity index is 1.84. The van der Waals surface area contributed by atoms with Crippen LogP contribution in [0.15, 0.2) is 48.5 Å². The van der Waals surface area contributed by atoms with Gasteiger partial charge in [0.15, 0.2) is 18.5 Å². The first-order valence-corrected chi connectivity index (χ1v) is 9.57. The molecule has 0 fully saturated rings. The SMILES string of the molecule is CC(=O)C(Cc1ccccc1)NC(=O)COC(=O)C(C)Oc1ccc(Cl)cc1C. The van der Waals surface area contributed by atoms with Crippen molar-refractivity contribution in [3.05, 3.63) is 64.7 Å². The first-order chi connectivity index (χ1) is 13.8. The maximum atomic E-state index is 12.1. The maximum absolute atomic E-state index is 12.1. The predicted molar refractivity (Wildman–Crippen MR) is 110 cm³/mol. The summed E-state index contributed by atoms with van der Waals surface area (Å²) in [5.41, 5.74) is 1.70. The van der Waals surface area contributed by atoms with Gasteiger partial charge in [-0.05, 0) is 56.5 Å². The third-order valence-electron chi connectivity index (χ3n) is 4.23. The van der Waals surface area contributed by atoms with Crippen molar-refractivity contribution in [2.45, 2.75) is 39.3 Å². The number of amides is 1. The molecule has 0 spiro atoms. The standard InChI is InChI=1S/C22H24ClNO5/c1-14-11-18(23)9-10-20(14)29-16(3)22(27)28-13-21(26)24-19(15(2)25)12-17-7-5-4-6-8-17/h4-11,16,19H,12-13H2,1-3H3,(H,24,26). The van der Waals surface area contributed by atoms with Crippen LogP contribution in [0.25, 0.3) is 0 Å². The lowest BCUT2D eigenvalue weighted by molar-refractivity contribution is -0.155. The van der Waals surface area contributed by atoms with Crippen LogP contribution < -0.4 is 10.1 Å². The lowest BCUT2D eigenvalue weighted by Crippen LogP contribution is -2.43. The van der Waals surface area contributed by atoms with Gasteiger partial charge in [-0.25, -0.2) is 4.79 Å². The minimum absolute atomic E-state index is 0.177. The third-order valence-corrected chi connectivity index (χ3v) is 4.46. The molecule has 0 saturated carbocycles. The second kappa shape index (κ2) is 10.6. The number of carbonyl (C=O) groups is 3. The minimum Gasteiger partial charge on any atom is -0.479 e. The van der Waals surface area contributed by atoms with E-state index in [2.05, 4.69) is 5.32 Å². The Kier molecular flexibility index (Phi) is 8.21. The molecule has 2 atom stereocenters. The Morgan fingerprint density at radius 2 is 1.79 bits per heavy atom. The van der Waals surface area contributed by atoms with E-state index in [0.717, 1.165) is 11.1 Å². The quantitative estimate of drug-likeness (QED) is 0.633. The van der Waals surface area contributed by atoms with E-state index >= 15 is 0 Å². The Morgan fingerprint density at radius 3 is 2.41 bits per heavy atom. The van der Waals surface area contributed by atoms with E-state index in [1.165, 1.54) is 13.8 Å². The van der Waals surface area contributed by atoms with E-state index in [9.17, 15) is 14.4 Å². The highest BCUT2D eigenvalue weighted by atomic mass is 35.5. The van der Waals surface area contributed by atoms with Crippen LogP contribution in [0.4, 0.5) is 0 Å². The van der Waals surface area contributed by atoms with Crippen molar-refractivity contribution in [3.63, 3.8) is 0 Å². The summed E-state index contributed by atoms with van der Waals surface area (Å²) >= 11 is 5.90. The Morgan fingerprint density at radius 1 is 1.10 bits per heavy atom. The molecule has 154 valence electrons. The summed E-state index contributed by atoms with van der Waals surface area (Å²) in [5, 5.41) is 3.17. The molecule has 29 heavy (non-hydrogen) atoms. The van der Waals surface area contributed by atoms with Crippen molar-refractivity contribution in [1.29, 1.82) is 0 Å². The molecule has 2 unspecified atom stereocenters. The highest BCUT2D eigenvalue weighted by Gasteiger charge is 2.21. The molecular weight excluding hydrogens is 394 g/mol. The van der Waals surface area contributed by atoms with Crippen LogP contribution >= 0.6 is 11.6 Å². The molecule has 2 rings (SSSR count). The fourth-order valence-corrected chi connectivity index (χ4v) is 2.85. The van der Waals surface area contributed by atoms with Gasteiger partial charge in [0.1, 0.15) is 5.75 Å². The number of nitrogens with one attached hydrogen (secondary N) is 1. The van der Waals surface area contributed by atoms with Crippen LogP contribution in [0.3, 0.4) is 0 Å². The van der Waals surface area contributed by atoms with Crippen molar-refractivity contribution in [1.82, 2.24) is 5.32 Å². The highest BCUT2D eigenvalue weighted by Crippen LogP contribution is 2.23. The predicted octanol–water partition coefficient (Wildman–Crippen LogP) is 3.28. The van der Waals surface area contributed by atoms with Gasteiger partial charge in [-0.15, -0.1) is 0 Å². The maximum Gasteiger partial charge on any atom is 0.347 e. The van der Waals surface area contributed by atoms with Gasteiger partial charge in [-0.1, -0.05) is 41.9 Å². The molecule has 0 aliphatic rings. The molecule has 0 saturated heterocycles. The Bertz CT molecular complexity index is 869. The van der Waals surface area contributed by atoms with E-state index < -0.39 is 30.6 Å². The summed E-state index contributed by atoms with van der Waals surface area (Å²) in [6.07, 6.45) is -0.541. The summed E-state index contributed by atoms with van der Waals surface area (Å²) < 4.78 is 10.6. The van der Waals surface area contributed by atoms with Gasteiger partial charge in [-0.2, -0.15) is 0 Å². The number of ether oxygens (including phenoxy) is 2. The van der Waals surface area contributed by atoms with Crippen molar-refractivity contribution in [2.75, 3.05) is 6.61 Å². The largest absolute Gasteiger partial charge is 0.479 e. The zero-order chi connectivity index (χ0) is 21.4. The smallest absolute Gasteiger partial charge is 0.347 e. The van der Waals surface area contributed by atoms with Crippen molar-refractivity contribution >= 4 is 29.3 Å². The van der Waals surface area contributed by atoms with Crippen LogP contribution in [-0.4, -0.2) is 36.4 Å². The zero-order valence-electron chi connectivity index (χ0n) is 16.6. The number of aryl methyl sites for hydroxylation is 1. The highest BCUT2D eigenvalue weighted by molar-refractivity contribution is 6.30. The number of hydrogen-bond donors (Lipinski definition) is 1. The Hall–Kier alpha value is -2.86. The lowest BCUT2D eigenvalue weighted by atomic mass is 10.0. The molecule has 1 amide bonds. The molecule has 1 N–H and O–H groups in total. The van der Waals surface area contributed by atoms with Gasteiger partial charge in [0, 0.05) is 5.02 Å². The molecule has 2 aromatic rings. The van der Waals surface area contributed by atoms with Gasteiger partial charge in [0.05, 0.1) is 6.04 Å². The number of ketones is 1. The minimum atomic E-state index is -0.907. The van der Waals surface area contributed by atoms with E-state index in [0.29, 0.717) is 17.2 Å². The van der Waals surface area contributed by atoms with Crippen LogP contribution in [0.1, 0.15) is 25.0 Å². The normalized spacial score (nSPS) is 12.6. The van der Waals surface area contributed by atoms with Crippen LogP contribution in [0.5, 0.6) is 5.75 Å². The fourth-order valence-electron chi connectivity index (χ4n) is 2.62. The van der Waals surface area contributed by atoms with E-state index in [4.69, 9.17) is 21.1 Å². The van der Waals surface area contributed by atoms with Crippen molar-refractivity contribution in [3.8, 4) is 5.75 Å².